The van der Waals surface area contributed by atoms with Crippen molar-refractivity contribution in [2.45, 2.75) is 12.5 Å². The van der Waals surface area contributed by atoms with Gasteiger partial charge in [-0.05, 0) is 41.8 Å². The molecule has 0 aromatic heterocycles. The first-order chi connectivity index (χ1) is 16.4. The largest absolute Gasteiger partial charge is 0.508 e. The average molecular weight is 459 g/mol. The van der Waals surface area contributed by atoms with Gasteiger partial charge < -0.3 is 24.6 Å². The van der Waals surface area contributed by atoms with Gasteiger partial charge in [0.05, 0.1) is 25.8 Å². The van der Waals surface area contributed by atoms with Crippen molar-refractivity contribution >= 4 is 17.4 Å². The number of ether oxygens (including phenoxy) is 2. The number of aromatic hydroxyl groups is 1. The predicted octanol–water partition coefficient (Wildman–Crippen LogP) is 4.07. The number of likely N-dealkylation sites (tertiary alicyclic amines) is 1. The Balaban J connectivity index is 1.80. The summed E-state index contributed by atoms with van der Waals surface area (Å²) in [5.74, 6) is -0.551. The fourth-order valence-electron chi connectivity index (χ4n) is 4.14. The van der Waals surface area contributed by atoms with Gasteiger partial charge in [-0.1, -0.05) is 48.5 Å². The lowest BCUT2D eigenvalue weighted by Crippen LogP contribution is -2.31. The van der Waals surface area contributed by atoms with Crippen molar-refractivity contribution in [1.82, 2.24) is 4.90 Å². The summed E-state index contributed by atoms with van der Waals surface area (Å²) in [5.41, 5.74) is 1.98. The van der Waals surface area contributed by atoms with Crippen molar-refractivity contribution < 1.29 is 29.3 Å². The Morgan fingerprint density at radius 1 is 0.912 bits per heavy atom. The Kier molecular flexibility index (Phi) is 6.54. The Morgan fingerprint density at radius 2 is 1.59 bits per heavy atom. The quantitative estimate of drug-likeness (QED) is 0.314. The van der Waals surface area contributed by atoms with Crippen molar-refractivity contribution in [3.05, 3.63) is 95.1 Å². The molecule has 1 aliphatic heterocycles. The molecule has 34 heavy (non-hydrogen) atoms. The van der Waals surface area contributed by atoms with E-state index in [0.717, 1.165) is 5.56 Å². The van der Waals surface area contributed by atoms with E-state index < -0.39 is 17.7 Å². The maximum absolute atomic E-state index is 13.1. The van der Waals surface area contributed by atoms with Gasteiger partial charge in [0.25, 0.3) is 11.7 Å². The molecule has 1 heterocycles. The van der Waals surface area contributed by atoms with E-state index in [1.807, 2.05) is 0 Å². The van der Waals surface area contributed by atoms with Crippen LogP contribution in [0.5, 0.6) is 17.2 Å². The third-order valence-electron chi connectivity index (χ3n) is 5.89. The lowest BCUT2D eigenvalue weighted by atomic mass is 9.95. The molecule has 1 amide bonds. The summed E-state index contributed by atoms with van der Waals surface area (Å²) < 4.78 is 10.8. The van der Waals surface area contributed by atoms with Gasteiger partial charge in [0.2, 0.25) is 0 Å². The Labute approximate surface area is 197 Å². The highest BCUT2D eigenvalue weighted by Crippen LogP contribution is 2.42. The smallest absolute Gasteiger partial charge is 0.295 e. The normalized spacial score (nSPS) is 17.1. The zero-order valence-electron chi connectivity index (χ0n) is 18.9. The van der Waals surface area contributed by atoms with Crippen LogP contribution in [0.4, 0.5) is 0 Å². The van der Waals surface area contributed by atoms with Gasteiger partial charge in [-0.3, -0.25) is 9.59 Å². The molecule has 1 atom stereocenters. The molecular formula is C27H25NO6. The van der Waals surface area contributed by atoms with Gasteiger partial charge in [-0.15, -0.1) is 0 Å². The van der Waals surface area contributed by atoms with E-state index >= 15 is 0 Å². The van der Waals surface area contributed by atoms with Gasteiger partial charge in [0.1, 0.15) is 11.5 Å². The van der Waals surface area contributed by atoms with Crippen LogP contribution in [0, 0.1) is 0 Å². The number of nitrogens with zero attached hydrogens (tertiary/aromatic N) is 1. The van der Waals surface area contributed by atoms with Crippen molar-refractivity contribution in [2.75, 3.05) is 20.8 Å². The number of phenols is 1. The summed E-state index contributed by atoms with van der Waals surface area (Å²) in [5, 5.41) is 20.6. The number of benzene rings is 3. The number of carbonyl (C=O) groups is 2. The number of rotatable bonds is 7. The van der Waals surface area contributed by atoms with Crippen LogP contribution in [0.3, 0.4) is 0 Å². The van der Waals surface area contributed by atoms with Crippen LogP contribution in [-0.4, -0.2) is 47.6 Å². The van der Waals surface area contributed by atoms with Crippen LogP contribution >= 0.6 is 0 Å². The third-order valence-corrected chi connectivity index (χ3v) is 5.89. The van der Waals surface area contributed by atoms with Gasteiger partial charge >= 0.3 is 0 Å². The number of phenolic OH excluding ortho intramolecular Hbond substituents is 1. The second kappa shape index (κ2) is 9.70. The Hall–Kier alpha value is -4.26. The molecule has 7 nitrogen and oxygen atoms in total. The highest BCUT2D eigenvalue weighted by atomic mass is 16.5. The summed E-state index contributed by atoms with van der Waals surface area (Å²) in [6.07, 6.45) is 0.461. The van der Waals surface area contributed by atoms with Crippen molar-refractivity contribution in [3.8, 4) is 17.2 Å². The number of aliphatic hydroxyl groups excluding tert-OH is 1. The molecule has 3 aromatic rings. The van der Waals surface area contributed by atoms with Crippen LogP contribution in [-0.2, 0) is 16.0 Å². The molecule has 0 spiro atoms. The molecule has 0 bridgehead atoms. The number of carbonyl (C=O) groups excluding carboxylic acids is 2. The number of aliphatic hydroxyl groups is 1. The second-order valence-electron chi connectivity index (χ2n) is 7.89. The van der Waals surface area contributed by atoms with Crippen LogP contribution < -0.4 is 9.47 Å². The molecule has 3 aromatic carbocycles. The Morgan fingerprint density at radius 3 is 2.24 bits per heavy atom. The molecule has 0 aliphatic carbocycles. The molecule has 1 fully saturated rings. The number of amides is 1. The first kappa shape index (κ1) is 22.9. The highest BCUT2D eigenvalue weighted by molar-refractivity contribution is 6.46. The lowest BCUT2D eigenvalue weighted by Gasteiger charge is -2.26. The van der Waals surface area contributed by atoms with Gasteiger partial charge in [-0.2, -0.15) is 0 Å². The van der Waals surface area contributed by atoms with E-state index in [9.17, 15) is 19.8 Å². The van der Waals surface area contributed by atoms with Crippen LogP contribution in [0.25, 0.3) is 5.76 Å². The molecule has 1 aliphatic rings. The summed E-state index contributed by atoms with van der Waals surface area (Å²) >= 11 is 0. The highest BCUT2D eigenvalue weighted by Gasteiger charge is 2.46. The Bertz CT molecular complexity index is 1230. The molecule has 4 rings (SSSR count). The zero-order valence-corrected chi connectivity index (χ0v) is 18.9. The number of hydrogen-bond acceptors (Lipinski definition) is 6. The van der Waals surface area contributed by atoms with E-state index in [4.69, 9.17) is 9.47 Å². The summed E-state index contributed by atoms with van der Waals surface area (Å²) in [6.45, 7) is 0.236. The van der Waals surface area contributed by atoms with E-state index in [-0.39, 0.29) is 23.6 Å². The van der Waals surface area contributed by atoms with Gasteiger partial charge in [-0.25, -0.2) is 0 Å². The molecule has 7 heteroatoms. The third kappa shape index (κ3) is 4.32. The SMILES string of the molecule is COc1ccc(C2C(=C(O)c3ccccc3)C(=O)C(=O)N2CCc2ccc(O)cc2)cc1OC. The predicted molar refractivity (Wildman–Crippen MR) is 127 cm³/mol. The molecular weight excluding hydrogens is 434 g/mol. The van der Waals surface area contributed by atoms with Crippen LogP contribution in [0.15, 0.2) is 78.4 Å². The first-order valence-electron chi connectivity index (χ1n) is 10.8. The molecule has 1 saturated heterocycles. The zero-order chi connectivity index (χ0) is 24.2. The average Bonchev–Trinajstić information content (AvgIpc) is 3.13. The number of ketones is 1. The lowest BCUT2D eigenvalue weighted by molar-refractivity contribution is -0.139. The van der Waals surface area contributed by atoms with Crippen LogP contribution in [0.2, 0.25) is 0 Å². The monoisotopic (exact) mass is 459 g/mol. The minimum atomic E-state index is -0.808. The number of methoxy groups -OCH3 is 2. The number of hydrogen-bond donors (Lipinski definition) is 2. The maximum Gasteiger partial charge on any atom is 0.295 e. The summed E-state index contributed by atoms with van der Waals surface area (Å²) in [4.78, 5) is 27.7. The van der Waals surface area contributed by atoms with E-state index in [2.05, 4.69) is 0 Å². The topological polar surface area (TPSA) is 96.3 Å². The fourth-order valence-corrected chi connectivity index (χ4v) is 4.14. The van der Waals surface area contributed by atoms with Crippen molar-refractivity contribution in [1.29, 1.82) is 0 Å². The van der Waals surface area contributed by atoms with Gasteiger partial charge in [0, 0.05) is 12.1 Å². The second-order valence-corrected chi connectivity index (χ2v) is 7.89. The van der Waals surface area contributed by atoms with E-state index in [1.54, 1.807) is 72.8 Å². The number of Topliss-reactive ketones (excluding diaryl/α,β-unsaturated/α-hetero) is 1. The minimum absolute atomic E-state index is 0.0223. The van der Waals surface area contributed by atoms with Crippen LogP contribution in [0.1, 0.15) is 22.7 Å². The fraction of sp³-hybridized carbons (Fsp3) is 0.185. The van der Waals surface area contributed by atoms with E-state index in [1.165, 1.54) is 19.1 Å². The first-order valence-corrected chi connectivity index (χ1v) is 10.8. The minimum Gasteiger partial charge on any atom is -0.508 e. The molecule has 1 unspecified atom stereocenters. The van der Waals surface area contributed by atoms with Crippen molar-refractivity contribution in [2.24, 2.45) is 0 Å². The summed E-state index contributed by atoms with van der Waals surface area (Å²) in [6, 6.07) is 19.7. The standard InChI is InChI=1S/C27H25NO6/c1-33-21-13-10-19(16-22(21)34-2)24-23(25(30)18-6-4-3-5-7-18)26(31)27(32)28(24)15-14-17-8-11-20(29)12-9-17/h3-13,16,24,29-30H,14-15H2,1-2H3. The van der Waals surface area contributed by atoms with Gasteiger partial charge in [0.15, 0.2) is 11.5 Å². The maximum atomic E-state index is 13.1. The molecule has 0 radical (unpaired) electrons. The summed E-state index contributed by atoms with van der Waals surface area (Å²) in [7, 11) is 3.03. The van der Waals surface area contributed by atoms with E-state index in [0.29, 0.717) is 29.0 Å². The molecule has 174 valence electrons. The van der Waals surface area contributed by atoms with Crippen molar-refractivity contribution in [3.63, 3.8) is 0 Å². The molecule has 2 N–H and O–H groups in total. The molecule has 0 saturated carbocycles.